The van der Waals surface area contributed by atoms with Crippen LogP contribution in [0.2, 0.25) is 0 Å². The van der Waals surface area contributed by atoms with Gasteiger partial charge in [-0.25, -0.2) is 9.97 Å². The Kier molecular flexibility index (Phi) is 5.25. The first-order valence-electron chi connectivity index (χ1n) is 7.49. The number of rotatable bonds is 6. The Bertz CT molecular complexity index is 897. The molecule has 0 fully saturated rings. The second kappa shape index (κ2) is 7.58. The van der Waals surface area contributed by atoms with Crippen LogP contribution in [0.3, 0.4) is 0 Å². The van der Waals surface area contributed by atoms with Crippen LogP contribution in [0, 0.1) is 13.8 Å². The molecular weight excluding hydrogens is 360 g/mol. The fraction of sp³-hybridized carbons (Fsp3) is 0.250. The first-order valence-corrected chi connectivity index (χ1v) is 9.25. The fourth-order valence-electron chi connectivity index (χ4n) is 2.12. The second-order valence-corrected chi connectivity index (χ2v) is 7.13. The van der Waals surface area contributed by atoms with E-state index in [9.17, 15) is 9.59 Å². The summed E-state index contributed by atoms with van der Waals surface area (Å²) in [6, 6.07) is 1.60. The maximum atomic E-state index is 12.1. The predicted octanol–water partition coefficient (Wildman–Crippen LogP) is 2.92. The van der Waals surface area contributed by atoms with Crippen molar-refractivity contribution >= 4 is 39.6 Å². The zero-order valence-electron chi connectivity index (χ0n) is 13.7. The van der Waals surface area contributed by atoms with Crippen LogP contribution >= 0.6 is 22.7 Å². The minimum Gasteiger partial charge on any atom is -0.469 e. The van der Waals surface area contributed by atoms with E-state index in [2.05, 4.69) is 20.6 Å². The van der Waals surface area contributed by atoms with E-state index in [1.807, 2.05) is 12.3 Å². The number of carbonyl (C=O) groups is 2. The van der Waals surface area contributed by atoms with Gasteiger partial charge >= 0.3 is 0 Å². The van der Waals surface area contributed by atoms with E-state index in [-0.39, 0.29) is 18.2 Å². The molecule has 9 heteroatoms. The molecule has 3 heterocycles. The first kappa shape index (κ1) is 17.3. The van der Waals surface area contributed by atoms with Gasteiger partial charge in [0.2, 0.25) is 5.91 Å². The average Bonchev–Trinajstić information content (AvgIpc) is 3.28. The molecule has 2 N–H and O–H groups in total. The molecule has 0 atom stereocenters. The lowest BCUT2D eigenvalue weighted by Crippen LogP contribution is -2.24. The van der Waals surface area contributed by atoms with Crippen molar-refractivity contribution in [2.75, 3.05) is 5.32 Å². The van der Waals surface area contributed by atoms with Crippen LogP contribution in [-0.2, 0) is 17.8 Å². The number of amides is 2. The summed E-state index contributed by atoms with van der Waals surface area (Å²) in [4.78, 5) is 32.6. The molecule has 0 saturated carbocycles. The molecule has 0 aliphatic carbocycles. The summed E-state index contributed by atoms with van der Waals surface area (Å²) < 4.78 is 5.11. The Hall–Kier alpha value is -2.52. The van der Waals surface area contributed by atoms with Gasteiger partial charge in [0.1, 0.15) is 10.8 Å². The molecule has 0 bridgehead atoms. The van der Waals surface area contributed by atoms with Gasteiger partial charge < -0.3 is 9.73 Å². The zero-order valence-corrected chi connectivity index (χ0v) is 15.3. The van der Waals surface area contributed by atoms with Crippen molar-refractivity contribution in [3.63, 3.8) is 0 Å². The molecule has 0 aliphatic rings. The summed E-state index contributed by atoms with van der Waals surface area (Å²) in [6.45, 7) is 4.04. The van der Waals surface area contributed by atoms with E-state index in [1.165, 1.54) is 28.9 Å². The average molecular weight is 376 g/mol. The van der Waals surface area contributed by atoms with Gasteiger partial charge in [-0.3, -0.25) is 14.9 Å². The number of aromatic nitrogens is 2. The van der Waals surface area contributed by atoms with Gasteiger partial charge in [0.15, 0.2) is 5.13 Å². The summed E-state index contributed by atoms with van der Waals surface area (Å²) in [5.74, 6) is 0.128. The van der Waals surface area contributed by atoms with Crippen molar-refractivity contribution < 1.29 is 14.0 Å². The molecule has 0 aromatic carbocycles. The number of hydrogen-bond donors (Lipinski definition) is 2. The van der Waals surface area contributed by atoms with Gasteiger partial charge in [-0.15, -0.1) is 22.7 Å². The number of anilines is 1. The Morgan fingerprint density at radius 1 is 1.20 bits per heavy atom. The SMILES string of the molecule is Cc1csc(CNC(=O)Cc2csc(NC(=O)c3ccoc3C)n2)n1. The third-order valence-electron chi connectivity index (χ3n) is 3.32. The maximum absolute atomic E-state index is 12.1. The topological polar surface area (TPSA) is 97.1 Å². The van der Waals surface area contributed by atoms with E-state index in [0.29, 0.717) is 28.7 Å². The molecule has 130 valence electrons. The molecule has 0 radical (unpaired) electrons. The van der Waals surface area contributed by atoms with Crippen molar-refractivity contribution in [2.45, 2.75) is 26.8 Å². The maximum Gasteiger partial charge on any atom is 0.260 e. The number of thiazole rings is 2. The van der Waals surface area contributed by atoms with Gasteiger partial charge in [0.05, 0.1) is 30.5 Å². The van der Waals surface area contributed by atoms with Gasteiger partial charge in [0, 0.05) is 16.5 Å². The highest BCUT2D eigenvalue weighted by molar-refractivity contribution is 7.14. The Labute approximate surface area is 152 Å². The van der Waals surface area contributed by atoms with Crippen molar-refractivity contribution in [1.82, 2.24) is 15.3 Å². The summed E-state index contributed by atoms with van der Waals surface area (Å²) in [5.41, 5.74) is 2.02. The summed E-state index contributed by atoms with van der Waals surface area (Å²) in [6.07, 6.45) is 1.62. The van der Waals surface area contributed by atoms with Gasteiger partial charge in [-0.1, -0.05) is 0 Å². The molecule has 3 aromatic heterocycles. The predicted molar refractivity (Wildman–Crippen MR) is 95.9 cm³/mol. The second-order valence-electron chi connectivity index (χ2n) is 5.32. The molecule has 3 rings (SSSR count). The van der Waals surface area contributed by atoms with Crippen molar-refractivity contribution in [2.24, 2.45) is 0 Å². The van der Waals surface area contributed by atoms with Gasteiger partial charge in [0.25, 0.3) is 5.91 Å². The smallest absolute Gasteiger partial charge is 0.260 e. The monoisotopic (exact) mass is 376 g/mol. The van der Waals surface area contributed by atoms with Crippen LogP contribution in [0.25, 0.3) is 0 Å². The van der Waals surface area contributed by atoms with Crippen molar-refractivity contribution in [3.8, 4) is 0 Å². The molecule has 2 amide bonds. The van der Waals surface area contributed by atoms with Crippen molar-refractivity contribution in [1.29, 1.82) is 0 Å². The third-order valence-corrected chi connectivity index (χ3v) is 5.09. The van der Waals surface area contributed by atoms with Crippen LogP contribution in [0.1, 0.15) is 32.5 Å². The lowest BCUT2D eigenvalue weighted by atomic mass is 10.2. The van der Waals surface area contributed by atoms with Gasteiger partial charge in [-0.05, 0) is 19.9 Å². The highest BCUT2D eigenvalue weighted by Crippen LogP contribution is 2.18. The highest BCUT2D eigenvalue weighted by Gasteiger charge is 2.14. The van der Waals surface area contributed by atoms with E-state index < -0.39 is 0 Å². The van der Waals surface area contributed by atoms with Crippen LogP contribution in [0.5, 0.6) is 0 Å². The lowest BCUT2D eigenvalue weighted by Gasteiger charge is -2.01. The number of nitrogens with one attached hydrogen (secondary N) is 2. The Morgan fingerprint density at radius 3 is 2.72 bits per heavy atom. The van der Waals surface area contributed by atoms with Crippen LogP contribution in [-0.4, -0.2) is 21.8 Å². The van der Waals surface area contributed by atoms with Crippen LogP contribution < -0.4 is 10.6 Å². The summed E-state index contributed by atoms with van der Waals surface area (Å²) in [7, 11) is 0. The molecule has 7 nitrogen and oxygen atoms in total. The third kappa shape index (κ3) is 4.52. The Balaban J connectivity index is 1.52. The van der Waals surface area contributed by atoms with Crippen LogP contribution in [0.15, 0.2) is 27.5 Å². The number of hydrogen-bond acceptors (Lipinski definition) is 7. The molecule has 3 aromatic rings. The van der Waals surface area contributed by atoms with E-state index >= 15 is 0 Å². The molecule has 25 heavy (non-hydrogen) atoms. The molecule has 0 unspecified atom stereocenters. The fourth-order valence-corrected chi connectivity index (χ4v) is 3.53. The standard InChI is InChI=1S/C16H16N4O3S2/c1-9-7-24-14(18-9)6-17-13(21)5-11-8-25-16(19-11)20-15(22)12-3-4-23-10(12)2/h3-4,7-8H,5-6H2,1-2H3,(H,17,21)(H,19,20,22). The quantitative estimate of drug-likeness (QED) is 0.689. The summed E-state index contributed by atoms with van der Waals surface area (Å²) >= 11 is 2.79. The molecular formula is C16H16N4O3S2. The molecule has 0 aliphatic heterocycles. The van der Waals surface area contributed by atoms with E-state index in [4.69, 9.17) is 4.42 Å². The molecule has 0 saturated heterocycles. The minimum atomic E-state index is -0.282. The largest absolute Gasteiger partial charge is 0.469 e. The summed E-state index contributed by atoms with van der Waals surface area (Å²) in [5, 5.41) is 10.5. The molecule has 0 spiro atoms. The number of carbonyl (C=O) groups excluding carboxylic acids is 2. The number of aryl methyl sites for hydroxylation is 2. The number of nitrogens with zero attached hydrogens (tertiary/aromatic N) is 2. The minimum absolute atomic E-state index is 0.137. The van der Waals surface area contributed by atoms with Crippen molar-refractivity contribution in [3.05, 3.63) is 50.8 Å². The highest BCUT2D eigenvalue weighted by atomic mass is 32.1. The van der Waals surface area contributed by atoms with Gasteiger partial charge in [-0.2, -0.15) is 0 Å². The Morgan fingerprint density at radius 2 is 2.04 bits per heavy atom. The first-order chi connectivity index (χ1) is 12.0. The number of furan rings is 1. The van der Waals surface area contributed by atoms with E-state index in [0.717, 1.165) is 10.7 Å². The zero-order chi connectivity index (χ0) is 17.8. The van der Waals surface area contributed by atoms with E-state index in [1.54, 1.807) is 18.4 Å². The lowest BCUT2D eigenvalue weighted by molar-refractivity contribution is -0.120. The van der Waals surface area contributed by atoms with Crippen LogP contribution in [0.4, 0.5) is 5.13 Å². The normalized spacial score (nSPS) is 10.6.